The summed E-state index contributed by atoms with van der Waals surface area (Å²) in [5, 5.41) is 14.5. The molecule has 5 amide bonds. The van der Waals surface area contributed by atoms with Crippen LogP contribution in [0.1, 0.15) is 31.2 Å². The second kappa shape index (κ2) is 10.8. The summed E-state index contributed by atoms with van der Waals surface area (Å²) in [5.74, 6) is -2.51. The Bertz CT molecular complexity index is 1140. The first-order valence-corrected chi connectivity index (χ1v) is 12.4. The maximum atomic E-state index is 13.5. The van der Waals surface area contributed by atoms with Gasteiger partial charge in [0, 0.05) is 29.2 Å². The highest BCUT2D eigenvalue weighted by Crippen LogP contribution is 2.31. The predicted octanol–water partition coefficient (Wildman–Crippen LogP) is 0.399. The molecule has 2 fully saturated rings. The van der Waals surface area contributed by atoms with E-state index >= 15 is 0 Å². The van der Waals surface area contributed by atoms with Gasteiger partial charge in [-0.1, -0.05) is 18.2 Å². The highest BCUT2D eigenvalue weighted by Gasteiger charge is 2.44. The fourth-order valence-corrected chi connectivity index (χ4v) is 5.25. The highest BCUT2D eigenvalue weighted by atomic mass is 32.2. The molecule has 2 atom stereocenters. The van der Waals surface area contributed by atoms with E-state index < -0.39 is 48.2 Å². The van der Waals surface area contributed by atoms with Crippen molar-refractivity contribution >= 4 is 53.8 Å². The number of rotatable bonds is 7. The van der Waals surface area contributed by atoms with E-state index in [0.29, 0.717) is 24.0 Å². The van der Waals surface area contributed by atoms with Crippen LogP contribution in [0, 0.1) is 0 Å². The number of hydrogen-bond donors (Lipinski definition) is 3. The van der Waals surface area contributed by atoms with Gasteiger partial charge in [-0.3, -0.25) is 24.6 Å². The van der Waals surface area contributed by atoms with Crippen molar-refractivity contribution in [3.63, 3.8) is 0 Å². The molecule has 2 saturated heterocycles. The molecule has 1 aromatic carbocycles. The van der Waals surface area contributed by atoms with Crippen molar-refractivity contribution in [1.29, 1.82) is 0 Å². The number of carbonyl (C=O) groups is 6. The molecule has 190 valence electrons. The summed E-state index contributed by atoms with van der Waals surface area (Å²) >= 11 is 1.50. The third kappa shape index (κ3) is 5.35. The number of amides is 5. The number of hydrogen-bond acceptors (Lipinski definition) is 7. The maximum absolute atomic E-state index is 13.5. The molecule has 0 bridgehead atoms. The van der Waals surface area contributed by atoms with Crippen molar-refractivity contribution in [2.24, 2.45) is 0 Å². The number of carboxylic acids is 1. The molecule has 12 nitrogen and oxygen atoms in total. The number of carboxylic acid groups (broad SMARTS) is 1. The van der Waals surface area contributed by atoms with E-state index in [1.165, 1.54) is 16.8 Å². The van der Waals surface area contributed by atoms with Crippen LogP contribution in [-0.4, -0.2) is 87.1 Å². The first-order valence-electron chi connectivity index (χ1n) is 11.4. The van der Waals surface area contributed by atoms with Crippen LogP contribution in [0.15, 0.2) is 34.7 Å². The third-order valence-electron chi connectivity index (χ3n) is 6.02. The zero-order valence-electron chi connectivity index (χ0n) is 19.2. The summed E-state index contributed by atoms with van der Waals surface area (Å²) in [6.45, 7) is 0.124. The van der Waals surface area contributed by atoms with Gasteiger partial charge in [-0.25, -0.2) is 19.8 Å². The zero-order chi connectivity index (χ0) is 25.8. The number of urea groups is 1. The largest absolute Gasteiger partial charge is 0.481 e. The second-order valence-corrected chi connectivity index (χ2v) is 9.51. The summed E-state index contributed by atoms with van der Waals surface area (Å²) in [6.07, 6.45) is 2.00. The lowest BCUT2D eigenvalue weighted by Gasteiger charge is -2.43. The Morgan fingerprint density at radius 2 is 1.97 bits per heavy atom. The molecule has 3 N–H and O–H groups in total. The quantitative estimate of drug-likeness (QED) is 0.441. The fraction of sp³-hybridized carbons (Fsp3) is 0.391. The van der Waals surface area contributed by atoms with Gasteiger partial charge >= 0.3 is 12.0 Å². The van der Waals surface area contributed by atoms with Crippen LogP contribution in [-0.2, 0) is 24.0 Å². The van der Waals surface area contributed by atoms with Gasteiger partial charge in [0.1, 0.15) is 12.3 Å². The van der Waals surface area contributed by atoms with Crippen LogP contribution in [0.4, 0.5) is 4.79 Å². The lowest BCUT2D eigenvalue weighted by molar-refractivity contribution is -0.155. The van der Waals surface area contributed by atoms with E-state index in [-0.39, 0.29) is 25.9 Å². The van der Waals surface area contributed by atoms with Crippen LogP contribution >= 0.6 is 11.8 Å². The molecule has 1 aromatic rings. The zero-order valence-corrected chi connectivity index (χ0v) is 20.0. The number of fused-ring (bicyclic) bond motifs is 2. The van der Waals surface area contributed by atoms with Crippen LogP contribution in [0.2, 0.25) is 0 Å². The van der Waals surface area contributed by atoms with Gasteiger partial charge in [-0.05, 0) is 30.5 Å². The molecule has 13 heteroatoms. The average Bonchev–Trinajstić information content (AvgIpc) is 2.99. The lowest BCUT2D eigenvalue weighted by Crippen LogP contribution is -2.64. The van der Waals surface area contributed by atoms with Gasteiger partial charge in [0.05, 0.1) is 19.0 Å². The van der Waals surface area contributed by atoms with Crippen LogP contribution in [0.3, 0.4) is 0 Å². The summed E-state index contributed by atoms with van der Waals surface area (Å²) in [5.41, 5.74) is 3.92. The van der Waals surface area contributed by atoms with Gasteiger partial charge < -0.3 is 15.2 Å². The number of aliphatic carboxylic acids is 1. The third-order valence-corrected chi connectivity index (χ3v) is 7.15. The van der Waals surface area contributed by atoms with E-state index in [1.54, 1.807) is 6.08 Å². The molecule has 0 saturated carbocycles. The number of thioether (sulfide) groups is 1. The minimum Gasteiger partial charge on any atom is -0.481 e. The summed E-state index contributed by atoms with van der Waals surface area (Å²) in [4.78, 5) is 75.4. The van der Waals surface area contributed by atoms with E-state index in [2.05, 4.69) is 10.7 Å². The number of hydrazine groups is 2. The van der Waals surface area contributed by atoms with Crippen LogP contribution in [0.5, 0.6) is 0 Å². The van der Waals surface area contributed by atoms with E-state index in [0.717, 1.165) is 20.5 Å². The standard InChI is InChI=1S/C23H25N5O7S/c29-12-16(11-20(31)32)24-22(34)17-5-3-8-27-19(30)7-9-26(23(35)28(17)27)25-21(33)15-10-14-4-1-2-6-18(14)36-13-15/h1-2,4,6,10,12,16-17H,3,5,7-9,11,13H2,(H,24,34)(H,25,33)(H,31,32)/t16-,17-/m0/s1. The van der Waals surface area contributed by atoms with Gasteiger partial charge in [-0.2, -0.15) is 0 Å². The maximum Gasteiger partial charge on any atom is 0.358 e. The highest BCUT2D eigenvalue weighted by molar-refractivity contribution is 7.99. The van der Waals surface area contributed by atoms with Gasteiger partial charge in [0.15, 0.2) is 0 Å². The Kier molecular flexibility index (Phi) is 7.58. The normalized spacial score (nSPS) is 20.4. The molecular formula is C23H25N5O7S. The van der Waals surface area contributed by atoms with Crippen molar-refractivity contribution in [3.8, 4) is 0 Å². The first-order chi connectivity index (χ1) is 17.3. The molecule has 0 radical (unpaired) electrons. The molecule has 3 aliphatic heterocycles. The molecule has 0 spiro atoms. The van der Waals surface area contributed by atoms with Gasteiger partial charge in [0.2, 0.25) is 11.8 Å². The molecular weight excluding hydrogens is 490 g/mol. The Morgan fingerprint density at radius 3 is 2.72 bits per heavy atom. The van der Waals surface area contributed by atoms with Crippen molar-refractivity contribution in [2.45, 2.75) is 42.7 Å². The Balaban J connectivity index is 1.52. The second-order valence-electron chi connectivity index (χ2n) is 8.49. The number of nitrogens with one attached hydrogen (secondary N) is 2. The summed E-state index contributed by atoms with van der Waals surface area (Å²) < 4.78 is 0. The molecule has 0 aromatic heterocycles. The molecule has 0 aliphatic carbocycles. The van der Waals surface area contributed by atoms with E-state index in [4.69, 9.17) is 5.11 Å². The predicted molar refractivity (Wildman–Crippen MR) is 127 cm³/mol. The molecule has 0 unspecified atom stereocenters. The number of nitrogens with zero attached hydrogens (tertiary/aromatic N) is 3. The smallest absolute Gasteiger partial charge is 0.358 e. The van der Waals surface area contributed by atoms with Crippen molar-refractivity contribution in [2.75, 3.05) is 18.8 Å². The number of carbonyl (C=O) groups excluding carboxylic acids is 5. The monoisotopic (exact) mass is 515 g/mol. The molecule has 3 aliphatic rings. The molecule has 3 heterocycles. The van der Waals surface area contributed by atoms with Gasteiger partial charge in [-0.15, -0.1) is 11.8 Å². The van der Waals surface area contributed by atoms with Crippen LogP contribution < -0.4 is 10.7 Å². The lowest BCUT2D eigenvalue weighted by atomic mass is 10.1. The average molecular weight is 516 g/mol. The number of aldehydes is 1. The van der Waals surface area contributed by atoms with E-state index in [1.807, 2.05) is 24.3 Å². The first kappa shape index (κ1) is 25.2. The minimum atomic E-state index is -1.28. The SMILES string of the molecule is O=C[C@H](CC(=O)O)NC(=O)[C@@H]1CCCN2C(=O)CCN(NC(=O)C3=Cc4ccccc4SC3)C(=O)N12. The van der Waals surface area contributed by atoms with Crippen molar-refractivity contribution in [1.82, 2.24) is 25.8 Å². The molecule has 4 rings (SSSR count). The Labute approximate surface area is 210 Å². The van der Waals surface area contributed by atoms with Gasteiger partial charge in [0.25, 0.3) is 5.91 Å². The minimum absolute atomic E-state index is 0.0660. The Hall–Kier alpha value is -3.87. The van der Waals surface area contributed by atoms with Crippen LogP contribution in [0.25, 0.3) is 6.08 Å². The number of benzene rings is 1. The van der Waals surface area contributed by atoms with Crippen molar-refractivity contribution < 1.29 is 33.9 Å². The Morgan fingerprint density at radius 1 is 1.19 bits per heavy atom. The van der Waals surface area contributed by atoms with E-state index in [9.17, 15) is 28.8 Å². The van der Waals surface area contributed by atoms with Crippen molar-refractivity contribution in [3.05, 3.63) is 35.4 Å². The topological polar surface area (TPSA) is 156 Å². The summed E-state index contributed by atoms with van der Waals surface area (Å²) in [6, 6.07) is 4.42. The fourth-order valence-electron chi connectivity index (χ4n) is 4.26. The molecule has 36 heavy (non-hydrogen) atoms. The summed E-state index contributed by atoms with van der Waals surface area (Å²) in [7, 11) is 0.